The second kappa shape index (κ2) is 9.02. The Morgan fingerprint density at radius 3 is 3.10 bits per heavy atom. The third-order valence-corrected chi connectivity index (χ3v) is 3.71. The van der Waals surface area contributed by atoms with Crippen molar-refractivity contribution in [2.45, 2.75) is 19.3 Å². The van der Waals surface area contributed by atoms with E-state index in [9.17, 15) is 0 Å². The SMILES string of the molecule is ICCCOC/C=C/C1=C(C2=COC=CO2)CCC=C1. The van der Waals surface area contributed by atoms with Gasteiger partial charge in [-0.1, -0.05) is 46.9 Å². The second-order valence-electron chi connectivity index (χ2n) is 4.40. The Bertz CT molecular complexity index is 458. The van der Waals surface area contributed by atoms with Crippen LogP contribution in [0.2, 0.25) is 0 Å². The number of halogens is 1. The van der Waals surface area contributed by atoms with Crippen LogP contribution in [0.3, 0.4) is 0 Å². The number of rotatable bonds is 7. The third kappa shape index (κ3) is 4.83. The number of ether oxygens (including phenoxy) is 3. The summed E-state index contributed by atoms with van der Waals surface area (Å²) in [7, 11) is 0. The van der Waals surface area contributed by atoms with Crippen molar-refractivity contribution in [2.75, 3.05) is 17.6 Å². The van der Waals surface area contributed by atoms with Gasteiger partial charge >= 0.3 is 0 Å². The van der Waals surface area contributed by atoms with Crippen molar-refractivity contribution >= 4 is 22.6 Å². The maximum absolute atomic E-state index is 5.53. The van der Waals surface area contributed by atoms with Crippen molar-refractivity contribution in [1.82, 2.24) is 0 Å². The maximum Gasteiger partial charge on any atom is 0.165 e. The van der Waals surface area contributed by atoms with Gasteiger partial charge in [0.25, 0.3) is 0 Å². The molecule has 0 N–H and O–H groups in total. The summed E-state index contributed by atoms with van der Waals surface area (Å²) in [6.45, 7) is 1.47. The molecule has 0 aromatic heterocycles. The second-order valence-corrected chi connectivity index (χ2v) is 5.48. The van der Waals surface area contributed by atoms with E-state index in [1.807, 2.05) is 0 Å². The zero-order valence-electron chi connectivity index (χ0n) is 11.4. The van der Waals surface area contributed by atoms with Crippen LogP contribution < -0.4 is 0 Å². The van der Waals surface area contributed by atoms with Gasteiger partial charge in [0.1, 0.15) is 18.8 Å². The molecule has 2 rings (SSSR count). The predicted molar refractivity (Wildman–Crippen MR) is 88.3 cm³/mol. The summed E-state index contributed by atoms with van der Waals surface area (Å²) < 4.78 is 17.3. The summed E-state index contributed by atoms with van der Waals surface area (Å²) >= 11 is 2.36. The summed E-state index contributed by atoms with van der Waals surface area (Å²) in [6.07, 6.45) is 16.3. The van der Waals surface area contributed by atoms with Crippen molar-refractivity contribution in [1.29, 1.82) is 0 Å². The van der Waals surface area contributed by atoms with Crippen LogP contribution in [0, 0.1) is 0 Å². The zero-order valence-corrected chi connectivity index (χ0v) is 13.5. The van der Waals surface area contributed by atoms with Crippen LogP contribution >= 0.6 is 22.6 Å². The molecule has 20 heavy (non-hydrogen) atoms. The molecule has 3 nitrogen and oxygen atoms in total. The van der Waals surface area contributed by atoms with Gasteiger partial charge in [-0.05, 0) is 24.8 Å². The molecule has 0 atom stereocenters. The third-order valence-electron chi connectivity index (χ3n) is 2.94. The van der Waals surface area contributed by atoms with Gasteiger partial charge in [0, 0.05) is 16.6 Å². The average molecular weight is 386 g/mol. The van der Waals surface area contributed by atoms with Gasteiger partial charge < -0.3 is 14.2 Å². The summed E-state index contributed by atoms with van der Waals surface area (Å²) in [4.78, 5) is 0. The van der Waals surface area contributed by atoms with E-state index in [2.05, 4.69) is 46.9 Å². The fraction of sp³-hybridized carbons (Fsp3) is 0.375. The first-order valence-electron chi connectivity index (χ1n) is 6.79. The fourth-order valence-electron chi connectivity index (χ4n) is 1.99. The van der Waals surface area contributed by atoms with E-state index in [1.165, 1.54) is 17.4 Å². The van der Waals surface area contributed by atoms with Crippen molar-refractivity contribution in [3.63, 3.8) is 0 Å². The number of hydrogen-bond acceptors (Lipinski definition) is 3. The molecule has 1 aliphatic carbocycles. The molecule has 0 unspecified atom stereocenters. The van der Waals surface area contributed by atoms with E-state index < -0.39 is 0 Å². The minimum Gasteiger partial charge on any atom is -0.466 e. The molecule has 0 radical (unpaired) electrons. The van der Waals surface area contributed by atoms with Crippen molar-refractivity contribution < 1.29 is 14.2 Å². The Kier molecular flexibility index (Phi) is 6.94. The van der Waals surface area contributed by atoms with Gasteiger partial charge in [0.2, 0.25) is 0 Å². The summed E-state index contributed by atoms with van der Waals surface area (Å²) in [5.74, 6) is 0.794. The minimum atomic E-state index is 0.650. The zero-order chi connectivity index (χ0) is 14.0. The van der Waals surface area contributed by atoms with Crippen LogP contribution in [0.15, 0.2) is 60.0 Å². The maximum atomic E-state index is 5.53. The van der Waals surface area contributed by atoms with Crippen molar-refractivity contribution in [2.24, 2.45) is 0 Å². The highest BCUT2D eigenvalue weighted by molar-refractivity contribution is 14.1. The Labute approximate surface area is 133 Å². The summed E-state index contributed by atoms with van der Waals surface area (Å²) in [5.41, 5.74) is 2.35. The minimum absolute atomic E-state index is 0.650. The molecule has 0 saturated carbocycles. The smallest absolute Gasteiger partial charge is 0.165 e. The Hall–Kier alpha value is -1.01. The molecular weight excluding hydrogens is 367 g/mol. The molecule has 4 heteroatoms. The molecule has 108 valence electrons. The van der Waals surface area contributed by atoms with E-state index >= 15 is 0 Å². The lowest BCUT2D eigenvalue weighted by atomic mass is 9.96. The molecule has 1 heterocycles. The van der Waals surface area contributed by atoms with Gasteiger partial charge in [-0.2, -0.15) is 0 Å². The number of hydrogen-bond donors (Lipinski definition) is 0. The van der Waals surface area contributed by atoms with Crippen molar-refractivity contribution in [3.8, 4) is 0 Å². The highest BCUT2D eigenvalue weighted by Crippen LogP contribution is 2.28. The Balaban J connectivity index is 1.95. The average Bonchev–Trinajstić information content (AvgIpc) is 2.52. The molecule has 0 aromatic rings. The monoisotopic (exact) mass is 386 g/mol. The van der Waals surface area contributed by atoms with E-state index in [0.29, 0.717) is 6.61 Å². The van der Waals surface area contributed by atoms with Gasteiger partial charge in [-0.15, -0.1) is 0 Å². The largest absolute Gasteiger partial charge is 0.466 e. The molecule has 0 spiro atoms. The molecule has 0 bridgehead atoms. The predicted octanol–water partition coefficient (Wildman–Crippen LogP) is 4.39. The molecule has 2 aliphatic rings. The van der Waals surface area contributed by atoms with Crippen LogP contribution in [0.1, 0.15) is 19.3 Å². The molecule has 1 aliphatic heterocycles. The van der Waals surface area contributed by atoms with E-state index in [1.54, 1.807) is 12.5 Å². The molecule has 0 fully saturated rings. The van der Waals surface area contributed by atoms with Crippen LogP contribution in [-0.2, 0) is 14.2 Å². The van der Waals surface area contributed by atoms with Gasteiger partial charge in [-0.25, -0.2) is 0 Å². The van der Waals surface area contributed by atoms with Crippen LogP contribution in [0.5, 0.6) is 0 Å². The van der Waals surface area contributed by atoms with Gasteiger partial charge in [0.15, 0.2) is 5.76 Å². The molecular formula is C16H19IO3. The molecule has 0 amide bonds. The van der Waals surface area contributed by atoms with E-state index in [0.717, 1.165) is 36.1 Å². The molecule has 0 saturated heterocycles. The summed E-state index contributed by atoms with van der Waals surface area (Å²) in [5, 5.41) is 0. The first-order chi connectivity index (χ1) is 9.92. The number of allylic oxidation sites excluding steroid dienone is 5. The lowest BCUT2D eigenvalue weighted by Crippen LogP contribution is -2.02. The normalized spacial score (nSPS) is 18.1. The van der Waals surface area contributed by atoms with Crippen LogP contribution in [-0.4, -0.2) is 17.6 Å². The summed E-state index contributed by atoms with van der Waals surface area (Å²) in [6, 6.07) is 0. The highest BCUT2D eigenvalue weighted by Gasteiger charge is 2.14. The first kappa shape index (κ1) is 15.4. The topological polar surface area (TPSA) is 27.7 Å². The molecule has 0 aromatic carbocycles. The number of alkyl halides is 1. The van der Waals surface area contributed by atoms with Crippen molar-refractivity contribution in [3.05, 3.63) is 60.0 Å². The van der Waals surface area contributed by atoms with E-state index in [4.69, 9.17) is 14.2 Å². The van der Waals surface area contributed by atoms with E-state index in [-0.39, 0.29) is 0 Å². The highest BCUT2D eigenvalue weighted by atomic mass is 127. The standard InChI is InChI=1S/C16H19IO3/c17-8-4-10-18-9-3-6-14-5-1-2-7-15(14)16-13-19-11-12-20-16/h1,3,5-6,11-13H,2,4,7-10H2/b6-3+. The fourth-order valence-corrected chi connectivity index (χ4v) is 2.30. The quantitative estimate of drug-likeness (QED) is 0.369. The van der Waals surface area contributed by atoms with Crippen LogP contribution in [0.25, 0.3) is 0 Å². The lowest BCUT2D eigenvalue weighted by Gasteiger charge is -2.17. The Morgan fingerprint density at radius 2 is 2.30 bits per heavy atom. The van der Waals surface area contributed by atoms with Gasteiger partial charge in [-0.3, -0.25) is 0 Å². The lowest BCUT2D eigenvalue weighted by molar-refractivity contribution is 0.164. The van der Waals surface area contributed by atoms with Crippen LogP contribution in [0.4, 0.5) is 0 Å². The Morgan fingerprint density at radius 1 is 1.35 bits per heavy atom. The van der Waals surface area contributed by atoms with Gasteiger partial charge in [0.05, 0.1) is 6.61 Å². The first-order valence-corrected chi connectivity index (χ1v) is 8.32.